The molecule has 0 spiro atoms. The molecule has 1 amide bonds. The SMILES string of the molecule is NC(CNC(=O)c1cc(Cl)ccc1O)c1ccccc1. The van der Waals surface area contributed by atoms with Gasteiger partial charge in [0.25, 0.3) is 5.91 Å². The lowest BCUT2D eigenvalue weighted by Gasteiger charge is -2.13. The Morgan fingerprint density at radius 2 is 1.95 bits per heavy atom. The Balaban J connectivity index is 2.00. The summed E-state index contributed by atoms with van der Waals surface area (Å²) in [7, 11) is 0. The van der Waals surface area contributed by atoms with Crippen molar-refractivity contribution in [1.82, 2.24) is 5.32 Å². The van der Waals surface area contributed by atoms with Crippen LogP contribution in [0.15, 0.2) is 48.5 Å². The molecule has 4 N–H and O–H groups in total. The second-order valence-corrected chi connectivity index (χ2v) is 4.83. The molecule has 20 heavy (non-hydrogen) atoms. The fourth-order valence-electron chi connectivity index (χ4n) is 1.81. The molecule has 0 aliphatic rings. The first kappa shape index (κ1) is 14.4. The number of rotatable bonds is 4. The summed E-state index contributed by atoms with van der Waals surface area (Å²) >= 11 is 5.80. The van der Waals surface area contributed by atoms with E-state index < -0.39 is 5.91 Å². The molecule has 0 aliphatic heterocycles. The Morgan fingerprint density at radius 1 is 1.25 bits per heavy atom. The first-order valence-corrected chi connectivity index (χ1v) is 6.53. The van der Waals surface area contributed by atoms with E-state index >= 15 is 0 Å². The first-order chi connectivity index (χ1) is 9.58. The predicted molar refractivity (Wildman–Crippen MR) is 78.8 cm³/mol. The molecule has 2 aromatic rings. The van der Waals surface area contributed by atoms with Gasteiger partial charge in [0.1, 0.15) is 5.75 Å². The van der Waals surface area contributed by atoms with Crippen molar-refractivity contribution < 1.29 is 9.90 Å². The number of amides is 1. The lowest BCUT2D eigenvalue weighted by Crippen LogP contribution is -2.31. The van der Waals surface area contributed by atoms with Gasteiger partial charge in [0.15, 0.2) is 0 Å². The lowest BCUT2D eigenvalue weighted by atomic mass is 10.1. The Morgan fingerprint density at radius 3 is 2.65 bits per heavy atom. The van der Waals surface area contributed by atoms with Gasteiger partial charge in [-0.3, -0.25) is 4.79 Å². The number of hydrogen-bond donors (Lipinski definition) is 3. The zero-order valence-corrected chi connectivity index (χ0v) is 11.5. The van der Waals surface area contributed by atoms with Gasteiger partial charge >= 0.3 is 0 Å². The highest BCUT2D eigenvalue weighted by Gasteiger charge is 2.13. The van der Waals surface area contributed by atoms with E-state index in [0.29, 0.717) is 5.02 Å². The fraction of sp³-hybridized carbons (Fsp3) is 0.133. The highest BCUT2D eigenvalue weighted by molar-refractivity contribution is 6.31. The third kappa shape index (κ3) is 3.50. The molecule has 0 bridgehead atoms. The van der Waals surface area contributed by atoms with Crippen LogP contribution in [0.5, 0.6) is 5.75 Å². The van der Waals surface area contributed by atoms with Crippen LogP contribution in [0.2, 0.25) is 5.02 Å². The van der Waals surface area contributed by atoms with Crippen molar-refractivity contribution in [2.75, 3.05) is 6.54 Å². The molecule has 0 aromatic heterocycles. The van der Waals surface area contributed by atoms with Crippen LogP contribution in [-0.4, -0.2) is 17.6 Å². The second-order valence-electron chi connectivity index (χ2n) is 4.39. The minimum Gasteiger partial charge on any atom is -0.507 e. The summed E-state index contributed by atoms with van der Waals surface area (Å²) < 4.78 is 0. The third-order valence-electron chi connectivity index (χ3n) is 2.91. The fourth-order valence-corrected chi connectivity index (χ4v) is 1.98. The molecule has 1 atom stereocenters. The Hall–Kier alpha value is -2.04. The summed E-state index contributed by atoms with van der Waals surface area (Å²) in [4.78, 5) is 12.0. The van der Waals surface area contributed by atoms with E-state index in [1.165, 1.54) is 18.2 Å². The van der Waals surface area contributed by atoms with Crippen LogP contribution in [0.4, 0.5) is 0 Å². The lowest BCUT2D eigenvalue weighted by molar-refractivity contribution is 0.0948. The van der Waals surface area contributed by atoms with Crippen LogP contribution < -0.4 is 11.1 Å². The number of nitrogens with two attached hydrogens (primary N) is 1. The molecule has 5 heteroatoms. The zero-order chi connectivity index (χ0) is 14.5. The number of hydrogen-bond acceptors (Lipinski definition) is 3. The highest BCUT2D eigenvalue weighted by Crippen LogP contribution is 2.21. The summed E-state index contributed by atoms with van der Waals surface area (Å²) in [5, 5.41) is 12.7. The summed E-state index contributed by atoms with van der Waals surface area (Å²) in [5.41, 5.74) is 7.06. The van der Waals surface area contributed by atoms with E-state index in [4.69, 9.17) is 17.3 Å². The quantitative estimate of drug-likeness (QED) is 0.810. The number of carbonyl (C=O) groups is 1. The van der Waals surface area contributed by atoms with Gasteiger partial charge in [-0.25, -0.2) is 0 Å². The molecule has 4 nitrogen and oxygen atoms in total. The first-order valence-electron chi connectivity index (χ1n) is 6.15. The Kier molecular flexibility index (Phi) is 4.61. The number of aromatic hydroxyl groups is 1. The van der Waals surface area contributed by atoms with Gasteiger partial charge in [-0.2, -0.15) is 0 Å². The number of halogens is 1. The normalized spacial score (nSPS) is 11.9. The molecule has 0 fully saturated rings. The average molecular weight is 291 g/mol. The molecule has 0 heterocycles. The molecule has 0 radical (unpaired) electrons. The molecule has 2 aromatic carbocycles. The van der Waals surface area contributed by atoms with Gasteiger partial charge in [-0.1, -0.05) is 41.9 Å². The smallest absolute Gasteiger partial charge is 0.255 e. The van der Waals surface area contributed by atoms with Crippen molar-refractivity contribution in [2.24, 2.45) is 5.73 Å². The minimum absolute atomic E-state index is 0.111. The van der Waals surface area contributed by atoms with Crippen LogP contribution in [0, 0.1) is 0 Å². The van der Waals surface area contributed by atoms with E-state index in [0.717, 1.165) is 5.56 Å². The third-order valence-corrected chi connectivity index (χ3v) is 3.15. The van der Waals surface area contributed by atoms with E-state index in [9.17, 15) is 9.90 Å². The minimum atomic E-state index is -0.406. The van der Waals surface area contributed by atoms with E-state index in [1.54, 1.807) is 0 Å². The van der Waals surface area contributed by atoms with Gasteiger partial charge in [0.2, 0.25) is 0 Å². The molecular weight excluding hydrogens is 276 g/mol. The standard InChI is InChI=1S/C15H15ClN2O2/c16-11-6-7-14(19)12(8-11)15(20)18-9-13(17)10-4-2-1-3-5-10/h1-8,13,19H,9,17H2,(H,18,20). The van der Waals surface area contributed by atoms with Crippen LogP contribution in [0.3, 0.4) is 0 Å². The highest BCUT2D eigenvalue weighted by atomic mass is 35.5. The van der Waals surface area contributed by atoms with Crippen molar-refractivity contribution in [2.45, 2.75) is 6.04 Å². The maximum atomic E-state index is 12.0. The number of carbonyl (C=O) groups excluding carboxylic acids is 1. The summed E-state index contributed by atoms with van der Waals surface area (Å²) in [6.45, 7) is 0.273. The van der Waals surface area contributed by atoms with Crippen LogP contribution in [0.25, 0.3) is 0 Å². The molecule has 104 valence electrons. The van der Waals surface area contributed by atoms with E-state index in [2.05, 4.69) is 5.32 Å². The molecular formula is C15H15ClN2O2. The van der Waals surface area contributed by atoms with E-state index in [-0.39, 0.29) is 23.9 Å². The summed E-state index contributed by atoms with van der Waals surface area (Å²) in [6.07, 6.45) is 0. The predicted octanol–water partition coefficient (Wildman–Crippen LogP) is 2.48. The number of phenols is 1. The summed E-state index contributed by atoms with van der Waals surface area (Å²) in [6, 6.07) is 13.5. The summed E-state index contributed by atoms with van der Waals surface area (Å²) in [5.74, 6) is -0.517. The largest absolute Gasteiger partial charge is 0.507 e. The van der Waals surface area contributed by atoms with Gasteiger partial charge in [-0.15, -0.1) is 0 Å². The maximum absolute atomic E-state index is 12.0. The molecule has 0 saturated heterocycles. The van der Waals surface area contributed by atoms with Crippen molar-refractivity contribution in [3.05, 3.63) is 64.7 Å². The van der Waals surface area contributed by atoms with Crippen LogP contribution in [-0.2, 0) is 0 Å². The van der Waals surface area contributed by atoms with Crippen LogP contribution >= 0.6 is 11.6 Å². The molecule has 0 saturated carbocycles. The topological polar surface area (TPSA) is 75.3 Å². The van der Waals surface area contributed by atoms with Gasteiger partial charge in [-0.05, 0) is 23.8 Å². The number of phenolic OH excluding ortho intramolecular Hbond substituents is 1. The second kappa shape index (κ2) is 6.41. The van der Waals surface area contributed by atoms with E-state index in [1.807, 2.05) is 30.3 Å². The molecule has 1 unspecified atom stereocenters. The monoisotopic (exact) mass is 290 g/mol. The van der Waals surface area contributed by atoms with Crippen molar-refractivity contribution in [3.63, 3.8) is 0 Å². The number of nitrogens with one attached hydrogen (secondary N) is 1. The zero-order valence-electron chi connectivity index (χ0n) is 10.7. The van der Waals surface area contributed by atoms with Crippen molar-refractivity contribution in [1.29, 1.82) is 0 Å². The number of benzene rings is 2. The van der Waals surface area contributed by atoms with Gasteiger partial charge < -0.3 is 16.2 Å². The van der Waals surface area contributed by atoms with Crippen molar-refractivity contribution >= 4 is 17.5 Å². The molecule has 2 rings (SSSR count). The Bertz CT molecular complexity index is 602. The maximum Gasteiger partial charge on any atom is 0.255 e. The van der Waals surface area contributed by atoms with Gasteiger partial charge in [0.05, 0.1) is 5.56 Å². The van der Waals surface area contributed by atoms with Crippen molar-refractivity contribution in [3.8, 4) is 5.75 Å². The van der Waals surface area contributed by atoms with Crippen LogP contribution in [0.1, 0.15) is 22.0 Å². The Labute approximate surface area is 122 Å². The average Bonchev–Trinajstić information content (AvgIpc) is 2.47. The molecule has 0 aliphatic carbocycles. The van der Waals surface area contributed by atoms with Gasteiger partial charge in [0, 0.05) is 17.6 Å².